The maximum atomic E-state index is 11.6. The number of esters is 1. The zero-order valence-corrected chi connectivity index (χ0v) is 25.9. The van der Waals surface area contributed by atoms with E-state index in [1.165, 1.54) is 6.92 Å². The number of rotatable bonds is 13. The van der Waals surface area contributed by atoms with Gasteiger partial charge in [-0.1, -0.05) is 36.4 Å². The maximum absolute atomic E-state index is 11.6. The minimum Gasteiger partial charge on any atom is -0.493 e. The fraction of sp³-hybridized carbons (Fsp3) is 0.441. The Morgan fingerprint density at radius 1 is 0.956 bits per heavy atom. The van der Waals surface area contributed by atoms with Crippen LogP contribution >= 0.6 is 0 Å². The lowest BCUT2D eigenvalue weighted by Crippen LogP contribution is -2.33. The van der Waals surface area contributed by atoms with Crippen LogP contribution in [0.2, 0.25) is 0 Å². The van der Waals surface area contributed by atoms with Gasteiger partial charge in [-0.15, -0.1) is 0 Å². The standard InChI is InChI=1S/C34H40N2O9/c1-21(37)41-20-29-31-32(45-34(2,3)44-31)33(43-29)36-24-11-6-5-10-23(24)30-25(36)12-9-15-28(30)42-19-22(38)18-35-16-17-40-27-14-8-7-13-26(27)39-4/h5-15,22,29,31-33,35,38H,16-20H2,1-4H3/t22?,29-,31-,32-,33-/m1/s1. The van der Waals surface area contributed by atoms with Crippen LogP contribution in [0.3, 0.4) is 0 Å². The summed E-state index contributed by atoms with van der Waals surface area (Å²) in [5.41, 5.74) is 1.83. The van der Waals surface area contributed by atoms with Gasteiger partial charge in [-0.05, 0) is 44.2 Å². The minimum absolute atomic E-state index is 0.0659. The SMILES string of the molecule is COc1ccccc1OCCNCC(O)COc1cccc2c1c1ccccc1n2[C@@H]1O[C@H](COC(C)=O)[C@H]2OC(C)(C)O[C@H]21. The van der Waals surface area contributed by atoms with Gasteiger partial charge in [0, 0.05) is 30.8 Å². The molecular weight excluding hydrogens is 580 g/mol. The smallest absolute Gasteiger partial charge is 0.302 e. The second-order valence-electron chi connectivity index (χ2n) is 11.6. The van der Waals surface area contributed by atoms with Gasteiger partial charge >= 0.3 is 5.97 Å². The van der Waals surface area contributed by atoms with Crippen molar-refractivity contribution in [3.05, 3.63) is 66.7 Å². The van der Waals surface area contributed by atoms with E-state index in [0.29, 0.717) is 36.9 Å². The van der Waals surface area contributed by atoms with E-state index >= 15 is 0 Å². The molecule has 45 heavy (non-hydrogen) atoms. The molecule has 1 aromatic heterocycles. The Bertz CT molecular complexity index is 1640. The zero-order valence-electron chi connectivity index (χ0n) is 25.9. The van der Waals surface area contributed by atoms with Gasteiger partial charge in [0.05, 0.1) is 18.1 Å². The number of hydrogen-bond acceptors (Lipinski definition) is 10. The molecule has 2 aliphatic rings. The van der Waals surface area contributed by atoms with E-state index in [0.717, 1.165) is 21.8 Å². The topological polar surface area (TPSA) is 119 Å². The lowest BCUT2D eigenvalue weighted by atomic mass is 10.1. The number of ether oxygens (including phenoxy) is 7. The van der Waals surface area contributed by atoms with Crippen molar-refractivity contribution in [1.29, 1.82) is 0 Å². The number of fused-ring (bicyclic) bond motifs is 4. The molecule has 6 rings (SSSR count). The quantitative estimate of drug-likeness (QED) is 0.166. The first-order valence-electron chi connectivity index (χ1n) is 15.2. The number of nitrogens with zero attached hydrogens (tertiary/aromatic N) is 1. The van der Waals surface area contributed by atoms with Crippen molar-refractivity contribution >= 4 is 27.8 Å². The van der Waals surface area contributed by atoms with Crippen LogP contribution in [0.25, 0.3) is 21.8 Å². The normalized spacial score (nSPS) is 22.8. The number of para-hydroxylation sites is 3. The van der Waals surface area contributed by atoms with E-state index in [9.17, 15) is 9.90 Å². The molecule has 2 N–H and O–H groups in total. The second kappa shape index (κ2) is 13.2. The third kappa shape index (κ3) is 6.58. The summed E-state index contributed by atoms with van der Waals surface area (Å²) in [4.78, 5) is 11.6. The molecule has 5 atom stereocenters. The highest BCUT2D eigenvalue weighted by Crippen LogP contribution is 2.47. The van der Waals surface area contributed by atoms with Crippen LogP contribution < -0.4 is 19.5 Å². The average molecular weight is 621 g/mol. The summed E-state index contributed by atoms with van der Waals surface area (Å²) in [5.74, 6) is 0.802. The molecule has 3 heterocycles. The van der Waals surface area contributed by atoms with Gasteiger partial charge in [-0.25, -0.2) is 0 Å². The molecule has 2 aliphatic heterocycles. The Labute approximate surface area is 261 Å². The lowest BCUT2D eigenvalue weighted by Gasteiger charge is -2.25. The molecule has 4 aromatic rings. The van der Waals surface area contributed by atoms with Crippen LogP contribution in [0.5, 0.6) is 17.2 Å². The monoisotopic (exact) mass is 620 g/mol. The Balaban J connectivity index is 1.16. The van der Waals surface area contributed by atoms with Crippen molar-refractivity contribution in [3.63, 3.8) is 0 Å². The summed E-state index contributed by atoms with van der Waals surface area (Å²) in [5, 5.41) is 15.8. The number of aliphatic hydroxyl groups is 1. The molecule has 0 aliphatic carbocycles. The van der Waals surface area contributed by atoms with Crippen molar-refractivity contribution in [2.45, 2.75) is 57.2 Å². The van der Waals surface area contributed by atoms with Crippen LogP contribution in [0.1, 0.15) is 27.0 Å². The van der Waals surface area contributed by atoms with Crippen molar-refractivity contribution < 1.29 is 43.1 Å². The molecule has 0 radical (unpaired) electrons. The van der Waals surface area contributed by atoms with E-state index in [-0.39, 0.29) is 19.2 Å². The average Bonchev–Trinajstić information content (AvgIpc) is 3.65. The fourth-order valence-electron chi connectivity index (χ4n) is 6.10. The largest absolute Gasteiger partial charge is 0.493 e. The molecule has 1 unspecified atom stereocenters. The van der Waals surface area contributed by atoms with Crippen molar-refractivity contribution in [2.75, 3.05) is 40.0 Å². The van der Waals surface area contributed by atoms with Crippen LogP contribution in [0, 0.1) is 0 Å². The molecule has 0 saturated carbocycles. The van der Waals surface area contributed by atoms with Gasteiger partial charge in [0.15, 0.2) is 23.5 Å². The van der Waals surface area contributed by atoms with Gasteiger partial charge in [-0.2, -0.15) is 0 Å². The summed E-state index contributed by atoms with van der Waals surface area (Å²) in [6, 6.07) is 21.3. The number of carbonyl (C=O) groups is 1. The Morgan fingerprint density at radius 3 is 2.47 bits per heavy atom. The summed E-state index contributed by atoms with van der Waals surface area (Å²) in [6.45, 7) is 6.58. The molecule has 2 fully saturated rings. The van der Waals surface area contributed by atoms with E-state index in [2.05, 4.69) is 9.88 Å². The number of aliphatic hydroxyl groups excluding tert-OH is 1. The Morgan fingerprint density at radius 2 is 1.67 bits per heavy atom. The second-order valence-corrected chi connectivity index (χ2v) is 11.6. The van der Waals surface area contributed by atoms with E-state index in [1.54, 1.807) is 7.11 Å². The van der Waals surface area contributed by atoms with Gasteiger partial charge < -0.3 is 48.1 Å². The van der Waals surface area contributed by atoms with Gasteiger partial charge in [0.25, 0.3) is 0 Å². The first-order chi connectivity index (χ1) is 21.8. The number of nitrogens with one attached hydrogen (secondary N) is 1. The molecule has 11 heteroatoms. The molecule has 0 amide bonds. The van der Waals surface area contributed by atoms with Crippen molar-refractivity contribution in [1.82, 2.24) is 9.88 Å². The summed E-state index contributed by atoms with van der Waals surface area (Å²) in [7, 11) is 1.61. The molecule has 0 bridgehead atoms. The van der Waals surface area contributed by atoms with Crippen LogP contribution in [-0.4, -0.2) is 85.9 Å². The number of aromatic nitrogens is 1. The van der Waals surface area contributed by atoms with Gasteiger partial charge in [-0.3, -0.25) is 4.79 Å². The summed E-state index contributed by atoms with van der Waals surface area (Å²) >= 11 is 0. The summed E-state index contributed by atoms with van der Waals surface area (Å²) in [6.07, 6.45) is -2.62. The molecule has 0 spiro atoms. The first-order valence-corrected chi connectivity index (χ1v) is 15.2. The lowest BCUT2D eigenvalue weighted by molar-refractivity contribution is -0.201. The van der Waals surface area contributed by atoms with E-state index in [4.69, 9.17) is 33.2 Å². The number of benzene rings is 3. The zero-order chi connectivity index (χ0) is 31.6. The highest BCUT2D eigenvalue weighted by molar-refractivity contribution is 6.11. The highest BCUT2D eigenvalue weighted by atomic mass is 16.8. The molecule has 3 aromatic carbocycles. The predicted octanol–water partition coefficient (Wildman–Crippen LogP) is 4.19. The van der Waals surface area contributed by atoms with Crippen molar-refractivity contribution in [2.24, 2.45) is 0 Å². The van der Waals surface area contributed by atoms with Crippen LogP contribution in [0.4, 0.5) is 0 Å². The molecular formula is C34H40N2O9. The number of carbonyl (C=O) groups excluding carboxylic acids is 1. The number of methoxy groups -OCH3 is 1. The van der Waals surface area contributed by atoms with E-state index in [1.807, 2.05) is 80.6 Å². The predicted molar refractivity (Wildman–Crippen MR) is 167 cm³/mol. The fourth-order valence-corrected chi connectivity index (χ4v) is 6.10. The minimum atomic E-state index is -0.816. The maximum Gasteiger partial charge on any atom is 0.302 e. The molecule has 2 saturated heterocycles. The molecule has 240 valence electrons. The summed E-state index contributed by atoms with van der Waals surface area (Å²) < 4.78 is 43.8. The van der Waals surface area contributed by atoms with Crippen molar-refractivity contribution in [3.8, 4) is 17.2 Å². The molecule has 11 nitrogen and oxygen atoms in total. The number of hydrogen-bond donors (Lipinski definition) is 2. The Kier molecular flexibility index (Phi) is 9.16. The third-order valence-corrected chi connectivity index (χ3v) is 7.94. The van der Waals surface area contributed by atoms with E-state index < -0.39 is 36.4 Å². The van der Waals surface area contributed by atoms with Gasteiger partial charge in [0.1, 0.15) is 50.0 Å². The third-order valence-electron chi connectivity index (χ3n) is 7.94. The Hall–Kier alpha value is -3.87. The first kappa shape index (κ1) is 31.1. The van der Waals surface area contributed by atoms with Crippen LogP contribution in [-0.2, 0) is 23.7 Å². The highest BCUT2D eigenvalue weighted by Gasteiger charge is 2.56. The van der Waals surface area contributed by atoms with Gasteiger partial charge in [0.2, 0.25) is 0 Å². The van der Waals surface area contributed by atoms with Crippen LogP contribution in [0.15, 0.2) is 66.7 Å².